The van der Waals surface area contributed by atoms with Crippen molar-refractivity contribution in [2.45, 2.75) is 18.2 Å². The first-order chi connectivity index (χ1) is 9.33. The molecule has 5 nitrogen and oxygen atoms in total. The third kappa shape index (κ3) is 1.71. The molecule has 0 fully saturated rings. The maximum absolute atomic E-state index is 13.2. The number of amides is 1. The summed E-state index contributed by atoms with van der Waals surface area (Å²) in [4.78, 5) is 11.4. The van der Waals surface area contributed by atoms with Crippen LogP contribution in [0.2, 0.25) is 0 Å². The number of hydrogen-bond acceptors (Lipinski definition) is 4. The van der Waals surface area contributed by atoms with Gasteiger partial charge in [-0.25, -0.2) is 0 Å². The molecule has 1 aromatic rings. The van der Waals surface area contributed by atoms with Gasteiger partial charge in [-0.3, -0.25) is 4.79 Å². The zero-order valence-electron chi connectivity index (χ0n) is 10.2. The van der Waals surface area contributed by atoms with Crippen LogP contribution in [0.3, 0.4) is 0 Å². The number of ether oxygens (including phenoxy) is 1. The molecule has 1 unspecified atom stereocenters. The molecule has 0 saturated heterocycles. The van der Waals surface area contributed by atoms with Gasteiger partial charge < -0.3 is 20.5 Å². The maximum Gasteiger partial charge on any atom is 0.422 e. The standard InChI is InChI=1S/C12H11F3N2O3/c13-12(14,15)11(19)5-8(18)17-6-1-2-7-10(9(6)11)16-3-4-20-7/h1-2,16,19H,3-5H2,(H,17,18). The van der Waals surface area contributed by atoms with E-state index in [0.29, 0.717) is 13.2 Å². The average molecular weight is 288 g/mol. The fraction of sp³-hybridized carbons (Fsp3) is 0.417. The van der Waals surface area contributed by atoms with E-state index in [2.05, 4.69) is 10.6 Å². The predicted molar refractivity (Wildman–Crippen MR) is 63.6 cm³/mol. The van der Waals surface area contributed by atoms with Crippen molar-refractivity contribution in [2.75, 3.05) is 23.8 Å². The average Bonchev–Trinajstić information content (AvgIpc) is 2.36. The minimum absolute atomic E-state index is 0.0576. The van der Waals surface area contributed by atoms with E-state index < -0.39 is 24.1 Å². The Kier molecular flexibility index (Phi) is 2.62. The van der Waals surface area contributed by atoms with Crippen LogP contribution in [0.25, 0.3) is 0 Å². The minimum Gasteiger partial charge on any atom is -0.490 e. The highest BCUT2D eigenvalue weighted by Gasteiger charge is 2.60. The fourth-order valence-electron chi connectivity index (χ4n) is 2.51. The van der Waals surface area contributed by atoms with Crippen molar-refractivity contribution >= 4 is 17.3 Å². The van der Waals surface area contributed by atoms with Crippen LogP contribution < -0.4 is 15.4 Å². The molecular weight excluding hydrogens is 277 g/mol. The van der Waals surface area contributed by atoms with Gasteiger partial charge in [-0.2, -0.15) is 13.2 Å². The maximum atomic E-state index is 13.2. The number of carbonyl (C=O) groups is 1. The molecule has 0 aliphatic carbocycles. The van der Waals surface area contributed by atoms with Crippen molar-refractivity contribution < 1.29 is 27.8 Å². The lowest BCUT2D eigenvalue weighted by atomic mass is 9.83. The molecule has 0 bridgehead atoms. The van der Waals surface area contributed by atoms with Crippen molar-refractivity contribution in [3.63, 3.8) is 0 Å². The monoisotopic (exact) mass is 288 g/mol. The Morgan fingerprint density at radius 1 is 1.35 bits per heavy atom. The number of fused-ring (bicyclic) bond motifs is 3. The summed E-state index contributed by atoms with van der Waals surface area (Å²) >= 11 is 0. The van der Waals surface area contributed by atoms with Crippen molar-refractivity contribution in [2.24, 2.45) is 0 Å². The number of alkyl halides is 3. The first-order valence-electron chi connectivity index (χ1n) is 5.96. The van der Waals surface area contributed by atoms with Crippen LogP contribution in [0.1, 0.15) is 12.0 Å². The molecule has 0 radical (unpaired) electrons. The van der Waals surface area contributed by atoms with Gasteiger partial charge in [-0.15, -0.1) is 0 Å². The molecule has 3 N–H and O–H groups in total. The fourth-order valence-corrected chi connectivity index (χ4v) is 2.51. The minimum atomic E-state index is -4.96. The Labute approximate surface area is 111 Å². The van der Waals surface area contributed by atoms with E-state index in [1.165, 1.54) is 12.1 Å². The number of anilines is 2. The molecule has 2 aliphatic heterocycles. The number of hydrogen-bond donors (Lipinski definition) is 3. The lowest BCUT2D eigenvalue weighted by Gasteiger charge is -2.38. The second-order valence-corrected chi connectivity index (χ2v) is 4.72. The van der Waals surface area contributed by atoms with Crippen LogP contribution in [0, 0.1) is 0 Å². The van der Waals surface area contributed by atoms with E-state index in [9.17, 15) is 23.1 Å². The van der Waals surface area contributed by atoms with E-state index in [0.717, 1.165) is 0 Å². The third-order valence-corrected chi connectivity index (χ3v) is 3.40. The molecule has 2 heterocycles. The van der Waals surface area contributed by atoms with Crippen molar-refractivity contribution in [3.05, 3.63) is 17.7 Å². The molecule has 8 heteroatoms. The molecule has 1 atom stereocenters. The topological polar surface area (TPSA) is 70.6 Å². The molecule has 0 saturated carbocycles. The van der Waals surface area contributed by atoms with Crippen LogP contribution in [0.15, 0.2) is 12.1 Å². The van der Waals surface area contributed by atoms with E-state index >= 15 is 0 Å². The molecule has 1 amide bonds. The van der Waals surface area contributed by atoms with Crippen molar-refractivity contribution in [1.29, 1.82) is 0 Å². The normalized spacial score (nSPS) is 24.9. The van der Waals surface area contributed by atoms with Gasteiger partial charge in [-0.1, -0.05) is 0 Å². The summed E-state index contributed by atoms with van der Waals surface area (Å²) in [6.45, 7) is 0.647. The van der Waals surface area contributed by atoms with Crippen LogP contribution in [-0.2, 0) is 10.4 Å². The Balaban J connectivity index is 2.26. The number of benzene rings is 1. The summed E-state index contributed by atoms with van der Waals surface area (Å²) in [6, 6.07) is 2.76. The Morgan fingerprint density at radius 2 is 2.10 bits per heavy atom. The molecule has 1 aromatic carbocycles. The Morgan fingerprint density at radius 3 is 2.80 bits per heavy atom. The summed E-state index contributed by atoms with van der Waals surface area (Å²) in [7, 11) is 0. The summed E-state index contributed by atoms with van der Waals surface area (Å²) in [5, 5.41) is 15.2. The summed E-state index contributed by atoms with van der Waals surface area (Å²) in [5.41, 5.74) is -3.59. The van der Waals surface area contributed by atoms with Gasteiger partial charge in [0.1, 0.15) is 12.4 Å². The number of nitrogens with one attached hydrogen (secondary N) is 2. The third-order valence-electron chi connectivity index (χ3n) is 3.40. The number of carbonyl (C=O) groups excluding carboxylic acids is 1. The van der Waals surface area contributed by atoms with Crippen molar-refractivity contribution in [3.8, 4) is 5.75 Å². The van der Waals surface area contributed by atoms with Gasteiger partial charge in [0.25, 0.3) is 0 Å². The van der Waals surface area contributed by atoms with Gasteiger partial charge in [-0.05, 0) is 12.1 Å². The largest absolute Gasteiger partial charge is 0.490 e. The number of aliphatic hydroxyl groups is 1. The first kappa shape index (κ1) is 13.0. The molecule has 0 aromatic heterocycles. The Hall–Kier alpha value is -1.96. The summed E-state index contributed by atoms with van der Waals surface area (Å²) < 4.78 is 45.0. The summed E-state index contributed by atoms with van der Waals surface area (Å²) in [5.74, 6) is -0.650. The lowest BCUT2D eigenvalue weighted by Crippen LogP contribution is -2.49. The number of halogens is 3. The van der Waals surface area contributed by atoms with Gasteiger partial charge >= 0.3 is 6.18 Å². The first-order valence-corrected chi connectivity index (χ1v) is 5.96. The van der Waals surface area contributed by atoms with Crippen LogP contribution in [-0.4, -0.2) is 30.3 Å². The highest BCUT2D eigenvalue weighted by molar-refractivity contribution is 5.97. The molecule has 3 rings (SSSR count). The van der Waals surface area contributed by atoms with E-state index in [4.69, 9.17) is 4.74 Å². The van der Waals surface area contributed by atoms with Gasteiger partial charge in [0.2, 0.25) is 5.91 Å². The van der Waals surface area contributed by atoms with Gasteiger partial charge in [0, 0.05) is 17.8 Å². The predicted octanol–water partition coefficient (Wildman–Crippen LogP) is 1.58. The van der Waals surface area contributed by atoms with Crippen LogP contribution in [0.4, 0.5) is 24.5 Å². The molecule has 20 heavy (non-hydrogen) atoms. The Bertz CT molecular complexity index is 588. The highest BCUT2D eigenvalue weighted by Crippen LogP contribution is 2.52. The van der Waals surface area contributed by atoms with Crippen molar-refractivity contribution in [1.82, 2.24) is 0 Å². The zero-order valence-corrected chi connectivity index (χ0v) is 10.2. The number of rotatable bonds is 0. The second kappa shape index (κ2) is 4.02. The van der Waals surface area contributed by atoms with Gasteiger partial charge in [0.15, 0.2) is 5.60 Å². The molecule has 108 valence electrons. The van der Waals surface area contributed by atoms with E-state index in [1.807, 2.05) is 0 Å². The van der Waals surface area contributed by atoms with Crippen LogP contribution >= 0.6 is 0 Å². The van der Waals surface area contributed by atoms with E-state index in [-0.39, 0.29) is 22.7 Å². The quantitative estimate of drug-likeness (QED) is 0.678. The second-order valence-electron chi connectivity index (χ2n) is 4.72. The molecular formula is C12H11F3N2O3. The smallest absolute Gasteiger partial charge is 0.422 e. The van der Waals surface area contributed by atoms with Crippen LogP contribution in [0.5, 0.6) is 5.75 Å². The molecule has 2 aliphatic rings. The SMILES string of the molecule is O=C1CC(O)(C(F)(F)F)c2c(ccc3c2NCCO3)N1. The lowest BCUT2D eigenvalue weighted by molar-refractivity contribution is -0.267. The zero-order chi connectivity index (χ0) is 14.5. The highest BCUT2D eigenvalue weighted by atomic mass is 19.4. The van der Waals surface area contributed by atoms with Gasteiger partial charge in [0.05, 0.1) is 12.1 Å². The molecule has 0 spiro atoms. The van der Waals surface area contributed by atoms with E-state index in [1.54, 1.807) is 0 Å². The summed E-state index contributed by atoms with van der Waals surface area (Å²) in [6.07, 6.45) is -6.03.